The molecule has 0 bridgehead atoms. The lowest BCUT2D eigenvalue weighted by Gasteiger charge is -2.00. The lowest BCUT2D eigenvalue weighted by molar-refractivity contribution is -0.139. The number of carboxylic acid groups (broad SMARTS) is 1. The Kier molecular flexibility index (Phi) is 2.96. The molecule has 0 spiro atoms. The number of hydrogen-bond donors (Lipinski definition) is 1. The number of rotatable bonds is 3. The van der Waals surface area contributed by atoms with Crippen molar-refractivity contribution in [3.63, 3.8) is 0 Å². The van der Waals surface area contributed by atoms with Crippen molar-refractivity contribution >= 4 is 12.0 Å². The van der Waals surface area contributed by atoms with Crippen molar-refractivity contribution < 1.29 is 9.90 Å². The smallest absolute Gasteiger partial charge is 0.307 e. The van der Waals surface area contributed by atoms with Crippen LogP contribution in [0.4, 0.5) is 0 Å². The van der Waals surface area contributed by atoms with Crippen molar-refractivity contribution in [2.45, 2.75) is 13.8 Å². The average molecular weight is 241 g/mol. The number of carboxylic acids is 1. The molecule has 2 atom stereocenters. The fourth-order valence-corrected chi connectivity index (χ4v) is 2.60. The first-order valence-electron chi connectivity index (χ1n) is 5.88. The van der Waals surface area contributed by atoms with Crippen LogP contribution in [0.2, 0.25) is 0 Å². The molecule has 0 radical (unpaired) electrons. The Balaban J connectivity index is 2.30. The zero-order valence-electron chi connectivity index (χ0n) is 10.4. The molecule has 92 valence electrons. The molecule has 1 N–H and O–H groups in total. The van der Waals surface area contributed by atoms with E-state index < -0.39 is 11.9 Å². The van der Waals surface area contributed by atoms with Crippen LogP contribution >= 0.6 is 0 Å². The van der Waals surface area contributed by atoms with Gasteiger partial charge in [0.2, 0.25) is 0 Å². The van der Waals surface area contributed by atoms with Crippen LogP contribution in [0, 0.1) is 28.6 Å². The van der Waals surface area contributed by atoms with Gasteiger partial charge in [0.25, 0.3) is 0 Å². The highest BCUT2D eigenvalue weighted by atomic mass is 16.4. The van der Waals surface area contributed by atoms with Gasteiger partial charge in [-0.15, -0.1) is 0 Å². The molecule has 0 aliphatic heterocycles. The summed E-state index contributed by atoms with van der Waals surface area (Å²) in [4.78, 5) is 11.1. The molecular formula is C15H15NO2. The Labute approximate surface area is 106 Å². The van der Waals surface area contributed by atoms with E-state index in [-0.39, 0.29) is 11.3 Å². The molecule has 1 aromatic carbocycles. The Morgan fingerprint density at radius 1 is 1.33 bits per heavy atom. The van der Waals surface area contributed by atoms with Crippen LogP contribution in [0.25, 0.3) is 6.08 Å². The third-order valence-electron chi connectivity index (χ3n) is 3.68. The van der Waals surface area contributed by atoms with Crippen LogP contribution in [0.3, 0.4) is 0 Å². The summed E-state index contributed by atoms with van der Waals surface area (Å²) in [5.74, 6) is -1.45. The highest BCUT2D eigenvalue weighted by molar-refractivity contribution is 5.78. The molecular weight excluding hydrogens is 226 g/mol. The van der Waals surface area contributed by atoms with Crippen LogP contribution in [0.5, 0.6) is 0 Å². The first-order valence-corrected chi connectivity index (χ1v) is 5.88. The summed E-state index contributed by atoms with van der Waals surface area (Å²) in [5.41, 5.74) is 1.15. The maximum atomic E-state index is 11.1. The Morgan fingerprint density at radius 2 is 1.94 bits per heavy atom. The fraction of sp³-hybridized carbons (Fsp3) is 0.333. The van der Waals surface area contributed by atoms with Gasteiger partial charge in [-0.2, -0.15) is 5.26 Å². The molecule has 0 aromatic heterocycles. The summed E-state index contributed by atoms with van der Waals surface area (Å²) in [6.45, 7) is 3.79. The number of aliphatic carboxylic acids is 1. The lowest BCUT2D eigenvalue weighted by Crippen LogP contribution is -2.03. The van der Waals surface area contributed by atoms with E-state index in [0.717, 1.165) is 5.56 Å². The fourth-order valence-electron chi connectivity index (χ4n) is 2.60. The quantitative estimate of drug-likeness (QED) is 0.827. The molecule has 0 unspecified atom stereocenters. The Bertz CT molecular complexity index is 537. The Hall–Kier alpha value is -2.08. The molecule has 2 rings (SSSR count). The molecule has 3 heteroatoms. The van der Waals surface area contributed by atoms with E-state index in [4.69, 9.17) is 5.11 Å². The van der Waals surface area contributed by atoms with Crippen LogP contribution in [-0.2, 0) is 4.79 Å². The van der Waals surface area contributed by atoms with Gasteiger partial charge in [0.15, 0.2) is 0 Å². The van der Waals surface area contributed by atoms with Gasteiger partial charge >= 0.3 is 5.97 Å². The molecule has 1 aliphatic rings. The summed E-state index contributed by atoms with van der Waals surface area (Å²) in [7, 11) is 0. The molecule has 1 fully saturated rings. The van der Waals surface area contributed by atoms with Gasteiger partial charge in [0.1, 0.15) is 0 Å². The molecule has 1 aromatic rings. The van der Waals surface area contributed by atoms with Crippen molar-refractivity contribution in [2.75, 3.05) is 0 Å². The largest absolute Gasteiger partial charge is 0.481 e. The van der Waals surface area contributed by atoms with Crippen LogP contribution < -0.4 is 0 Å². The van der Waals surface area contributed by atoms with Crippen molar-refractivity contribution in [3.8, 4) is 6.07 Å². The second kappa shape index (κ2) is 4.30. The van der Waals surface area contributed by atoms with Crippen LogP contribution in [0.1, 0.15) is 19.4 Å². The van der Waals surface area contributed by atoms with E-state index in [1.807, 2.05) is 44.2 Å². The standard InChI is InChI=1S/C15H15NO2/c1-15(2)12(13(15)14(17)18)11(9-16)8-10-6-4-3-5-7-10/h3-8,12-13H,1-2H3,(H,17,18)/b11-8-/t12-,13+/m1/s1. The highest BCUT2D eigenvalue weighted by Crippen LogP contribution is 2.61. The zero-order valence-corrected chi connectivity index (χ0v) is 10.4. The van der Waals surface area contributed by atoms with Gasteiger partial charge in [-0.25, -0.2) is 0 Å². The third-order valence-corrected chi connectivity index (χ3v) is 3.68. The maximum absolute atomic E-state index is 11.1. The predicted molar refractivity (Wildman–Crippen MR) is 68.4 cm³/mol. The first-order chi connectivity index (χ1) is 8.48. The average Bonchev–Trinajstić information content (AvgIpc) is 2.90. The van der Waals surface area contributed by atoms with E-state index in [0.29, 0.717) is 5.57 Å². The minimum Gasteiger partial charge on any atom is -0.481 e. The summed E-state index contributed by atoms with van der Waals surface area (Å²) >= 11 is 0. The van der Waals surface area contributed by atoms with Crippen LogP contribution in [0.15, 0.2) is 35.9 Å². The molecule has 18 heavy (non-hydrogen) atoms. The van der Waals surface area contributed by atoms with Crippen molar-refractivity contribution in [3.05, 3.63) is 41.5 Å². The minimum atomic E-state index is -0.820. The predicted octanol–water partition coefficient (Wildman–Crippen LogP) is 2.95. The van der Waals surface area contributed by atoms with Gasteiger partial charge in [-0.3, -0.25) is 4.79 Å². The van der Waals surface area contributed by atoms with E-state index >= 15 is 0 Å². The normalized spacial score (nSPS) is 25.3. The monoisotopic (exact) mass is 241 g/mol. The molecule has 0 heterocycles. The van der Waals surface area contributed by atoms with Gasteiger partial charge in [0.05, 0.1) is 12.0 Å². The number of allylic oxidation sites excluding steroid dienone is 1. The third kappa shape index (κ3) is 2.02. The summed E-state index contributed by atoms with van der Waals surface area (Å²) in [6, 6.07) is 11.7. The summed E-state index contributed by atoms with van der Waals surface area (Å²) in [5, 5.41) is 18.4. The zero-order chi connectivity index (χ0) is 13.3. The van der Waals surface area contributed by atoms with E-state index in [9.17, 15) is 10.1 Å². The maximum Gasteiger partial charge on any atom is 0.307 e. The van der Waals surface area contributed by atoms with E-state index in [1.165, 1.54) is 0 Å². The topological polar surface area (TPSA) is 61.1 Å². The number of hydrogen-bond acceptors (Lipinski definition) is 2. The van der Waals surface area contributed by atoms with Crippen molar-refractivity contribution in [1.29, 1.82) is 5.26 Å². The lowest BCUT2D eigenvalue weighted by atomic mass is 10.0. The van der Waals surface area contributed by atoms with Crippen LogP contribution in [-0.4, -0.2) is 11.1 Å². The minimum absolute atomic E-state index is 0.180. The Morgan fingerprint density at radius 3 is 2.39 bits per heavy atom. The molecule has 0 saturated heterocycles. The number of nitriles is 1. The molecule has 1 saturated carbocycles. The van der Waals surface area contributed by atoms with Crippen molar-refractivity contribution in [1.82, 2.24) is 0 Å². The second-order valence-corrected chi connectivity index (χ2v) is 5.24. The van der Waals surface area contributed by atoms with Crippen molar-refractivity contribution in [2.24, 2.45) is 17.3 Å². The van der Waals surface area contributed by atoms with Gasteiger partial charge in [-0.05, 0) is 17.1 Å². The molecule has 3 nitrogen and oxygen atoms in total. The number of carbonyl (C=O) groups is 1. The summed E-state index contributed by atoms with van der Waals surface area (Å²) in [6.07, 6.45) is 1.79. The van der Waals surface area contributed by atoms with E-state index in [2.05, 4.69) is 6.07 Å². The van der Waals surface area contributed by atoms with Gasteiger partial charge in [-0.1, -0.05) is 44.2 Å². The van der Waals surface area contributed by atoms with E-state index in [1.54, 1.807) is 6.08 Å². The SMILES string of the molecule is CC1(C)[C@H](C(=O)O)[C@H]1/C(C#N)=C\c1ccccc1. The number of nitrogens with zero attached hydrogens (tertiary/aromatic N) is 1. The second-order valence-electron chi connectivity index (χ2n) is 5.24. The molecule has 1 aliphatic carbocycles. The number of benzene rings is 1. The summed E-state index contributed by atoms with van der Waals surface area (Å²) < 4.78 is 0. The van der Waals surface area contributed by atoms with Gasteiger partial charge in [0, 0.05) is 11.5 Å². The first kappa shape index (κ1) is 12.4. The van der Waals surface area contributed by atoms with Gasteiger partial charge < -0.3 is 5.11 Å². The molecule has 0 amide bonds. The highest BCUT2D eigenvalue weighted by Gasteiger charge is 2.63.